The summed E-state index contributed by atoms with van der Waals surface area (Å²) in [7, 11) is 0. The number of allylic oxidation sites excluding steroid dienone is 4. The standard InChI is InChI=1S/C17H15BrN2O/c18-14-7-8-15-13(9-14)10-16(20-15)17(21)19-11-12-5-3-1-2-4-6-12/h1-3,5-10,20H,4,11H2,(H,19,21). The number of H-pyrrole nitrogens is 1. The Bertz CT molecular complexity index is 768. The lowest BCUT2D eigenvalue weighted by Crippen LogP contribution is -2.25. The largest absolute Gasteiger partial charge is 0.351 e. The summed E-state index contributed by atoms with van der Waals surface area (Å²) in [6.45, 7) is 0.538. The minimum Gasteiger partial charge on any atom is -0.351 e. The van der Waals surface area contributed by atoms with E-state index in [4.69, 9.17) is 0 Å². The molecule has 1 aromatic carbocycles. The number of carbonyl (C=O) groups is 1. The van der Waals surface area contributed by atoms with Crippen LogP contribution in [0.5, 0.6) is 0 Å². The van der Waals surface area contributed by atoms with E-state index in [-0.39, 0.29) is 5.91 Å². The highest BCUT2D eigenvalue weighted by atomic mass is 79.9. The van der Waals surface area contributed by atoms with Crippen molar-refractivity contribution in [2.75, 3.05) is 6.54 Å². The first-order chi connectivity index (χ1) is 10.2. The first-order valence-electron chi connectivity index (χ1n) is 6.81. The SMILES string of the molecule is O=C(NCC1=CCC=CC=C1)c1cc2cc(Br)ccc2[nH]1. The second kappa shape index (κ2) is 6.14. The molecule has 2 aromatic rings. The van der Waals surface area contributed by atoms with Crippen molar-refractivity contribution in [1.82, 2.24) is 10.3 Å². The molecule has 0 aliphatic heterocycles. The Labute approximate surface area is 131 Å². The van der Waals surface area contributed by atoms with Crippen molar-refractivity contribution >= 4 is 32.7 Å². The molecule has 0 unspecified atom stereocenters. The van der Waals surface area contributed by atoms with Crippen LogP contribution in [0.3, 0.4) is 0 Å². The molecule has 1 aliphatic rings. The third-order valence-corrected chi connectivity index (χ3v) is 3.85. The Hall–Kier alpha value is -2.07. The molecule has 1 aliphatic carbocycles. The van der Waals surface area contributed by atoms with Crippen LogP contribution in [0.25, 0.3) is 10.9 Å². The molecule has 3 nitrogen and oxygen atoms in total. The molecule has 4 heteroatoms. The van der Waals surface area contributed by atoms with Crippen LogP contribution < -0.4 is 5.32 Å². The van der Waals surface area contributed by atoms with Gasteiger partial charge in [-0.1, -0.05) is 46.3 Å². The fourth-order valence-corrected chi connectivity index (χ4v) is 2.64. The zero-order valence-electron chi connectivity index (χ0n) is 11.4. The first-order valence-corrected chi connectivity index (χ1v) is 7.60. The van der Waals surface area contributed by atoms with Crippen molar-refractivity contribution in [3.05, 3.63) is 70.4 Å². The van der Waals surface area contributed by atoms with Crippen LogP contribution in [-0.4, -0.2) is 17.4 Å². The molecule has 0 atom stereocenters. The second-order valence-corrected chi connectivity index (χ2v) is 5.81. The third kappa shape index (κ3) is 3.34. The Kier molecular flexibility index (Phi) is 4.06. The number of rotatable bonds is 3. The molecular weight excluding hydrogens is 328 g/mol. The van der Waals surface area contributed by atoms with Crippen molar-refractivity contribution in [3.8, 4) is 0 Å². The van der Waals surface area contributed by atoms with Gasteiger partial charge in [-0.2, -0.15) is 0 Å². The lowest BCUT2D eigenvalue weighted by atomic mass is 10.2. The van der Waals surface area contributed by atoms with E-state index < -0.39 is 0 Å². The molecule has 0 saturated heterocycles. The quantitative estimate of drug-likeness (QED) is 0.866. The summed E-state index contributed by atoms with van der Waals surface area (Å²) in [5.41, 5.74) is 2.66. The summed E-state index contributed by atoms with van der Waals surface area (Å²) in [6.07, 6.45) is 11.1. The van der Waals surface area contributed by atoms with Gasteiger partial charge in [0.1, 0.15) is 5.69 Å². The molecule has 0 saturated carbocycles. The number of aromatic amines is 1. The fraction of sp³-hybridized carbons (Fsp3) is 0.118. The molecule has 3 rings (SSSR count). The minimum absolute atomic E-state index is 0.0890. The van der Waals surface area contributed by atoms with E-state index in [9.17, 15) is 4.79 Å². The lowest BCUT2D eigenvalue weighted by molar-refractivity contribution is 0.0953. The molecule has 0 radical (unpaired) electrons. The number of amides is 1. The summed E-state index contributed by atoms with van der Waals surface area (Å²) < 4.78 is 1.00. The molecular formula is C17H15BrN2O. The molecule has 1 aromatic heterocycles. The number of hydrogen-bond acceptors (Lipinski definition) is 1. The summed E-state index contributed by atoms with van der Waals surface area (Å²) in [5.74, 6) is -0.0890. The van der Waals surface area contributed by atoms with Gasteiger partial charge >= 0.3 is 0 Å². The predicted octanol–water partition coefficient (Wildman–Crippen LogP) is 4.10. The predicted molar refractivity (Wildman–Crippen MR) is 89.3 cm³/mol. The molecule has 0 bridgehead atoms. The number of hydrogen-bond donors (Lipinski definition) is 2. The zero-order chi connectivity index (χ0) is 14.7. The van der Waals surface area contributed by atoms with Gasteiger partial charge in [-0.15, -0.1) is 0 Å². The topological polar surface area (TPSA) is 44.9 Å². The van der Waals surface area contributed by atoms with Gasteiger partial charge < -0.3 is 10.3 Å². The smallest absolute Gasteiger partial charge is 0.267 e. The van der Waals surface area contributed by atoms with E-state index in [0.29, 0.717) is 12.2 Å². The molecule has 106 valence electrons. The van der Waals surface area contributed by atoms with E-state index in [1.807, 2.05) is 42.5 Å². The van der Waals surface area contributed by atoms with Crippen molar-refractivity contribution < 1.29 is 4.79 Å². The van der Waals surface area contributed by atoms with Gasteiger partial charge in [0.05, 0.1) is 0 Å². The first kappa shape index (κ1) is 13.9. The average molecular weight is 343 g/mol. The van der Waals surface area contributed by atoms with E-state index in [2.05, 4.69) is 38.4 Å². The minimum atomic E-state index is -0.0890. The molecule has 2 N–H and O–H groups in total. The molecule has 21 heavy (non-hydrogen) atoms. The Morgan fingerprint density at radius 1 is 1.29 bits per heavy atom. The number of fused-ring (bicyclic) bond motifs is 1. The molecule has 0 fully saturated rings. The van der Waals surface area contributed by atoms with Gasteiger partial charge in [-0.3, -0.25) is 4.79 Å². The maximum Gasteiger partial charge on any atom is 0.267 e. The van der Waals surface area contributed by atoms with Crippen molar-refractivity contribution in [1.29, 1.82) is 0 Å². The monoisotopic (exact) mass is 342 g/mol. The van der Waals surface area contributed by atoms with E-state index in [1.165, 1.54) is 0 Å². The highest BCUT2D eigenvalue weighted by Crippen LogP contribution is 2.20. The summed E-state index contributed by atoms with van der Waals surface area (Å²) in [6, 6.07) is 7.77. The lowest BCUT2D eigenvalue weighted by Gasteiger charge is -2.04. The summed E-state index contributed by atoms with van der Waals surface area (Å²) in [5, 5.41) is 3.96. The average Bonchev–Trinajstić information content (AvgIpc) is 2.72. The maximum atomic E-state index is 12.2. The highest BCUT2D eigenvalue weighted by Gasteiger charge is 2.09. The van der Waals surface area contributed by atoms with Crippen molar-refractivity contribution in [2.45, 2.75) is 6.42 Å². The fourth-order valence-electron chi connectivity index (χ4n) is 2.26. The van der Waals surface area contributed by atoms with Gasteiger partial charge in [0.15, 0.2) is 0 Å². The van der Waals surface area contributed by atoms with Gasteiger partial charge in [0.25, 0.3) is 5.91 Å². The van der Waals surface area contributed by atoms with Crippen LogP contribution >= 0.6 is 15.9 Å². The second-order valence-electron chi connectivity index (χ2n) is 4.90. The third-order valence-electron chi connectivity index (χ3n) is 3.35. The number of benzene rings is 1. The van der Waals surface area contributed by atoms with Gasteiger partial charge in [0, 0.05) is 21.9 Å². The van der Waals surface area contributed by atoms with Crippen LogP contribution in [0.1, 0.15) is 16.9 Å². The van der Waals surface area contributed by atoms with E-state index in [0.717, 1.165) is 27.4 Å². The van der Waals surface area contributed by atoms with Crippen molar-refractivity contribution in [2.24, 2.45) is 0 Å². The van der Waals surface area contributed by atoms with E-state index >= 15 is 0 Å². The summed E-state index contributed by atoms with van der Waals surface area (Å²) >= 11 is 3.43. The van der Waals surface area contributed by atoms with Crippen LogP contribution in [0.4, 0.5) is 0 Å². The Morgan fingerprint density at radius 2 is 2.19 bits per heavy atom. The Balaban J connectivity index is 1.70. The number of carbonyl (C=O) groups excluding carboxylic acids is 1. The number of aromatic nitrogens is 1. The van der Waals surface area contributed by atoms with Gasteiger partial charge in [-0.25, -0.2) is 0 Å². The zero-order valence-corrected chi connectivity index (χ0v) is 13.0. The highest BCUT2D eigenvalue weighted by molar-refractivity contribution is 9.10. The van der Waals surface area contributed by atoms with Gasteiger partial charge in [0.2, 0.25) is 0 Å². The van der Waals surface area contributed by atoms with Crippen LogP contribution in [0.15, 0.2) is 64.7 Å². The van der Waals surface area contributed by atoms with Crippen LogP contribution in [0, 0.1) is 0 Å². The van der Waals surface area contributed by atoms with E-state index in [1.54, 1.807) is 0 Å². The van der Waals surface area contributed by atoms with Crippen molar-refractivity contribution in [3.63, 3.8) is 0 Å². The molecule has 1 amide bonds. The molecule has 0 spiro atoms. The number of nitrogens with one attached hydrogen (secondary N) is 2. The Morgan fingerprint density at radius 3 is 3.10 bits per heavy atom. The van der Waals surface area contributed by atoms with Crippen LogP contribution in [-0.2, 0) is 0 Å². The molecule has 1 heterocycles. The van der Waals surface area contributed by atoms with Gasteiger partial charge in [-0.05, 0) is 36.3 Å². The normalized spacial score (nSPS) is 14.0. The number of halogens is 1. The maximum absolute atomic E-state index is 12.2. The summed E-state index contributed by atoms with van der Waals surface area (Å²) in [4.78, 5) is 15.3. The van der Waals surface area contributed by atoms with Crippen LogP contribution in [0.2, 0.25) is 0 Å².